The average Bonchev–Trinajstić information content (AvgIpc) is 2.05. The molecule has 0 aromatic carbocycles. The molecule has 4 heteroatoms. The van der Waals surface area contributed by atoms with Crippen LogP contribution in [0.5, 0.6) is 0 Å². The number of unbranched alkanes of at least 4 members (excludes halogenated alkanes) is 1. The Balaban J connectivity index is 2.41. The number of hydrogen-bond donors (Lipinski definition) is 0. The number of rotatable bonds is 4. The topological polar surface area (TPSA) is 25.8 Å². The first kappa shape index (κ1) is 9.81. The van der Waals surface area contributed by atoms with Crippen LogP contribution in [-0.2, 0) is 0 Å². The Labute approximate surface area is 81.8 Å². The van der Waals surface area contributed by atoms with E-state index in [-0.39, 0.29) is 0 Å². The first-order valence-corrected chi connectivity index (χ1v) is 5.30. The summed E-state index contributed by atoms with van der Waals surface area (Å²) < 4.78 is 0. The van der Waals surface area contributed by atoms with Gasteiger partial charge in [0.2, 0.25) is 5.28 Å². The summed E-state index contributed by atoms with van der Waals surface area (Å²) in [4.78, 5) is 7.87. The monoisotopic (exact) mass is 202 g/mol. The van der Waals surface area contributed by atoms with E-state index in [2.05, 4.69) is 16.9 Å². The van der Waals surface area contributed by atoms with Crippen molar-refractivity contribution in [3.63, 3.8) is 0 Å². The Bertz CT molecular complexity index is 242. The predicted octanol–water partition coefficient (Wildman–Crippen LogP) is 3.02. The second-order valence-corrected chi connectivity index (χ2v) is 3.82. The van der Waals surface area contributed by atoms with Crippen LogP contribution in [0.3, 0.4) is 0 Å². The number of halogens is 1. The molecule has 0 aliphatic rings. The van der Waals surface area contributed by atoms with Gasteiger partial charge in [0.25, 0.3) is 0 Å². The van der Waals surface area contributed by atoms with Crippen LogP contribution in [0.2, 0.25) is 5.28 Å². The van der Waals surface area contributed by atoms with Gasteiger partial charge < -0.3 is 0 Å². The molecule has 0 spiro atoms. The third kappa shape index (κ3) is 3.41. The lowest BCUT2D eigenvalue weighted by molar-refractivity contribution is 0.894. The molecule has 1 heterocycles. The van der Waals surface area contributed by atoms with Gasteiger partial charge >= 0.3 is 0 Å². The molecule has 0 radical (unpaired) electrons. The van der Waals surface area contributed by atoms with Crippen molar-refractivity contribution >= 4 is 23.4 Å². The van der Waals surface area contributed by atoms with E-state index in [0.717, 1.165) is 10.8 Å². The van der Waals surface area contributed by atoms with E-state index < -0.39 is 0 Å². The van der Waals surface area contributed by atoms with Crippen molar-refractivity contribution in [2.45, 2.75) is 24.8 Å². The highest BCUT2D eigenvalue weighted by molar-refractivity contribution is 7.99. The number of nitrogens with zero attached hydrogens (tertiary/aromatic N) is 2. The summed E-state index contributed by atoms with van der Waals surface area (Å²) >= 11 is 7.35. The molecule has 66 valence electrons. The molecule has 0 N–H and O–H groups in total. The van der Waals surface area contributed by atoms with Crippen molar-refractivity contribution in [2.24, 2.45) is 0 Å². The standard InChI is InChI=1S/C8H11ClN2S/c1-2-3-6-12-7-4-5-10-8(9)11-7/h4-5H,2-3,6H2,1H3. The Morgan fingerprint density at radius 1 is 1.58 bits per heavy atom. The third-order valence-electron chi connectivity index (χ3n) is 1.35. The van der Waals surface area contributed by atoms with E-state index in [1.54, 1.807) is 18.0 Å². The molecular weight excluding hydrogens is 192 g/mol. The maximum Gasteiger partial charge on any atom is 0.223 e. The van der Waals surface area contributed by atoms with E-state index in [0.29, 0.717) is 5.28 Å². The van der Waals surface area contributed by atoms with Crippen molar-refractivity contribution in [2.75, 3.05) is 5.75 Å². The molecule has 1 aromatic rings. The minimum atomic E-state index is 0.330. The van der Waals surface area contributed by atoms with Crippen LogP contribution in [0, 0.1) is 0 Å². The van der Waals surface area contributed by atoms with Gasteiger partial charge in [-0.3, -0.25) is 0 Å². The first-order valence-electron chi connectivity index (χ1n) is 3.94. The Kier molecular flexibility index (Phi) is 4.40. The molecule has 1 aromatic heterocycles. The molecule has 0 aliphatic carbocycles. The van der Waals surface area contributed by atoms with Gasteiger partial charge in [-0.25, -0.2) is 9.97 Å². The van der Waals surface area contributed by atoms with Gasteiger partial charge in [-0.1, -0.05) is 13.3 Å². The van der Waals surface area contributed by atoms with Crippen molar-refractivity contribution in [3.8, 4) is 0 Å². The molecule has 12 heavy (non-hydrogen) atoms. The van der Waals surface area contributed by atoms with Gasteiger partial charge in [0, 0.05) is 6.20 Å². The summed E-state index contributed by atoms with van der Waals surface area (Å²) in [5.41, 5.74) is 0. The van der Waals surface area contributed by atoms with E-state index >= 15 is 0 Å². The zero-order chi connectivity index (χ0) is 8.81. The fraction of sp³-hybridized carbons (Fsp3) is 0.500. The second-order valence-electron chi connectivity index (χ2n) is 2.37. The smallest absolute Gasteiger partial charge is 0.223 e. The molecular formula is C8H11ClN2S. The molecule has 0 atom stereocenters. The van der Waals surface area contributed by atoms with Crippen LogP contribution in [0.4, 0.5) is 0 Å². The van der Waals surface area contributed by atoms with E-state index in [1.165, 1.54) is 12.8 Å². The van der Waals surface area contributed by atoms with Crippen LogP contribution in [0.1, 0.15) is 19.8 Å². The number of thioether (sulfide) groups is 1. The summed E-state index contributed by atoms with van der Waals surface area (Å²) in [6.45, 7) is 2.17. The molecule has 0 fully saturated rings. The Morgan fingerprint density at radius 2 is 2.42 bits per heavy atom. The van der Waals surface area contributed by atoms with Gasteiger partial charge in [-0.05, 0) is 29.8 Å². The van der Waals surface area contributed by atoms with Crippen molar-refractivity contribution in [1.29, 1.82) is 0 Å². The molecule has 0 unspecified atom stereocenters. The Hall–Kier alpha value is -0.280. The minimum Gasteiger partial charge on any atom is -0.226 e. The fourth-order valence-corrected chi connectivity index (χ4v) is 1.87. The van der Waals surface area contributed by atoms with E-state index in [4.69, 9.17) is 11.6 Å². The summed E-state index contributed by atoms with van der Waals surface area (Å²) in [5.74, 6) is 1.10. The maximum atomic E-state index is 5.62. The highest BCUT2D eigenvalue weighted by Crippen LogP contribution is 2.17. The lowest BCUT2D eigenvalue weighted by Crippen LogP contribution is -1.85. The lowest BCUT2D eigenvalue weighted by Gasteiger charge is -1.98. The van der Waals surface area contributed by atoms with Gasteiger partial charge in [-0.15, -0.1) is 11.8 Å². The minimum absolute atomic E-state index is 0.330. The number of aromatic nitrogens is 2. The summed E-state index contributed by atoms with van der Waals surface area (Å²) in [6, 6.07) is 1.88. The van der Waals surface area contributed by atoms with Crippen LogP contribution in [-0.4, -0.2) is 15.7 Å². The quantitative estimate of drug-likeness (QED) is 0.325. The van der Waals surface area contributed by atoms with E-state index in [9.17, 15) is 0 Å². The molecule has 0 bridgehead atoms. The summed E-state index contributed by atoms with van der Waals surface area (Å²) in [6.07, 6.45) is 4.11. The molecule has 0 aliphatic heterocycles. The third-order valence-corrected chi connectivity index (χ3v) is 2.55. The van der Waals surface area contributed by atoms with Gasteiger partial charge in [0.1, 0.15) is 5.03 Å². The fourth-order valence-electron chi connectivity index (χ4n) is 0.721. The van der Waals surface area contributed by atoms with Crippen LogP contribution < -0.4 is 0 Å². The summed E-state index contributed by atoms with van der Waals surface area (Å²) in [5, 5.41) is 1.29. The first-order chi connectivity index (χ1) is 5.83. The van der Waals surface area contributed by atoms with Crippen LogP contribution in [0.25, 0.3) is 0 Å². The van der Waals surface area contributed by atoms with Gasteiger partial charge in [-0.2, -0.15) is 0 Å². The van der Waals surface area contributed by atoms with Gasteiger partial charge in [0.05, 0.1) is 0 Å². The number of hydrogen-bond acceptors (Lipinski definition) is 3. The summed E-state index contributed by atoms with van der Waals surface area (Å²) in [7, 11) is 0. The predicted molar refractivity (Wildman–Crippen MR) is 52.7 cm³/mol. The molecule has 0 saturated carbocycles. The lowest BCUT2D eigenvalue weighted by atomic mass is 10.4. The molecule has 2 nitrogen and oxygen atoms in total. The zero-order valence-corrected chi connectivity index (χ0v) is 8.53. The van der Waals surface area contributed by atoms with E-state index in [1.807, 2.05) is 6.07 Å². The van der Waals surface area contributed by atoms with Gasteiger partial charge in [0.15, 0.2) is 0 Å². The molecule has 0 saturated heterocycles. The molecule has 0 amide bonds. The normalized spacial score (nSPS) is 10.2. The average molecular weight is 203 g/mol. The largest absolute Gasteiger partial charge is 0.226 e. The second kappa shape index (κ2) is 5.38. The van der Waals surface area contributed by atoms with Crippen molar-refractivity contribution in [1.82, 2.24) is 9.97 Å². The van der Waals surface area contributed by atoms with Crippen molar-refractivity contribution < 1.29 is 0 Å². The van der Waals surface area contributed by atoms with Crippen LogP contribution in [0.15, 0.2) is 17.3 Å². The van der Waals surface area contributed by atoms with Crippen molar-refractivity contribution in [3.05, 3.63) is 17.5 Å². The molecule has 1 rings (SSSR count). The van der Waals surface area contributed by atoms with Crippen LogP contribution >= 0.6 is 23.4 Å². The SMILES string of the molecule is CCCCSc1ccnc(Cl)n1. The zero-order valence-electron chi connectivity index (χ0n) is 6.96. The maximum absolute atomic E-state index is 5.62. The highest BCUT2D eigenvalue weighted by atomic mass is 35.5. The Morgan fingerprint density at radius 3 is 3.08 bits per heavy atom. The highest BCUT2D eigenvalue weighted by Gasteiger charge is 1.96.